The predicted molar refractivity (Wildman–Crippen MR) is 64.8 cm³/mol. The summed E-state index contributed by atoms with van der Waals surface area (Å²) in [5.74, 6) is 1.02. The zero-order valence-electron chi connectivity index (χ0n) is 10.2. The molecule has 2 heteroatoms. The van der Waals surface area contributed by atoms with Crippen molar-refractivity contribution < 1.29 is 0 Å². The minimum absolute atomic E-state index is 0.504. The van der Waals surface area contributed by atoms with Gasteiger partial charge in [0.05, 0.1) is 0 Å². The second-order valence-corrected chi connectivity index (χ2v) is 5.74. The minimum Gasteiger partial charge on any atom is -0.330 e. The van der Waals surface area contributed by atoms with Crippen LogP contribution >= 0.6 is 0 Å². The Bertz CT molecular complexity index is 189. The Labute approximate surface area is 94.2 Å². The first kappa shape index (κ1) is 11.4. The van der Waals surface area contributed by atoms with Crippen LogP contribution in [-0.2, 0) is 0 Å². The molecule has 2 N–H and O–H groups in total. The molecule has 0 amide bonds. The predicted octanol–water partition coefficient (Wildman–Crippen LogP) is 2.24. The molecule has 0 aromatic heterocycles. The molecule has 0 unspecified atom stereocenters. The largest absolute Gasteiger partial charge is 0.330 e. The number of hydrogen-bond donors (Lipinski definition) is 1. The molecule has 0 heterocycles. The first-order valence-corrected chi connectivity index (χ1v) is 6.70. The average molecular weight is 210 g/mol. The van der Waals surface area contributed by atoms with Crippen molar-refractivity contribution in [1.82, 2.24) is 4.90 Å². The fraction of sp³-hybridized carbons (Fsp3) is 1.00. The van der Waals surface area contributed by atoms with Gasteiger partial charge < -0.3 is 10.6 Å². The molecule has 0 bridgehead atoms. The molecule has 2 aliphatic rings. The molecule has 0 aromatic carbocycles. The van der Waals surface area contributed by atoms with E-state index in [0.717, 1.165) is 12.5 Å². The van der Waals surface area contributed by atoms with Gasteiger partial charge in [-0.15, -0.1) is 0 Å². The molecule has 2 saturated carbocycles. The molecular weight excluding hydrogens is 184 g/mol. The fourth-order valence-corrected chi connectivity index (χ4v) is 2.79. The zero-order chi connectivity index (χ0) is 10.7. The van der Waals surface area contributed by atoms with Crippen molar-refractivity contribution in [3.63, 3.8) is 0 Å². The summed E-state index contributed by atoms with van der Waals surface area (Å²) in [6, 6.07) is 0. The van der Waals surface area contributed by atoms with Crippen molar-refractivity contribution in [2.45, 2.75) is 45.4 Å². The van der Waals surface area contributed by atoms with Crippen LogP contribution in [0.5, 0.6) is 0 Å². The monoisotopic (exact) mass is 210 g/mol. The van der Waals surface area contributed by atoms with Crippen molar-refractivity contribution in [3.8, 4) is 0 Å². The lowest BCUT2D eigenvalue weighted by Crippen LogP contribution is -2.47. The molecule has 0 saturated heterocycles. The van der Waals surface area contributed by atoms with Gasteiger partial charge in [-0.25, -0.2) is 0 Å². The molecule has 0 aromatic rings. The SMILES string of the molecule is CCCN(CC1CC1)CC1(CN)CCC1. The van der Waals surface area contributed by atoms with Crippen LogP contribution in [0.1, 0.15) is 45.4 Å². The summed E-state index contributed by atoms with van der Waals surface area (Å²) in [5, 5.41) is 0. The lowest BCUT2D eigenvalue weighted by atomic mass is 9.68. The van der Waals surface area contributed by atoms with E-state index in [-0.39, 0.29) is 0 Å². The Kier molecular flexibility index (Phi) is 3.68. The van der Waals surface area contributed by atoms with Gasteiger partial charge in [-0.3, -0.25) is 0 Å². The van der Waals surface area contributed by atoms with E-state index >= 15 is 0 Å². The average Bonchev–Trinajstić information content (AvgIpc) is 2.95. The van der Waals surface area contributed by atoms with Gasteiger partial charge in [-0.05, 0) is 56.5 Å². The molecule has 2 nitrogen and oxygen atoms in total. The van der Waals surface area contributed by atoms with Crippen molar-refractivity contribution in [2.75, 3.05) is 26.2 Å². The summed E-state index contributed by atoms with van der Waals surface area (Å²) >= 11 is 0. The van der Waals surface area contributed by atoms with Crippen molar-refractivity contribution in [1.29, 1.82) is 0 Å². The summed E-state index contributed by atoms with van der Waals surface area (Å²) in [6.45, 7) is 7.08. The van der Waals surface area contributed by atoms with Crippen LogP contribution in [0.25, 0.3) is 0 Å². The second-order valence-electron chi connectivity index (χ2n) is 5.74. The molecule has 0 spiro atoms. The maximum Gasteiger partial charge on any atom is 0.00502 e. The van der Waals surface area contributed by atoms with Crippen LogP contribution in [0, 0.1) is 11.3 Å². The number of nitrogens with zero attached hydrogens (tertiary/aromatic N) is 1. The maximum absolute atomic E-state index is 5.93. The third-order valence-electron chi connectivity index (χ3n) is 4.16. The highest BCUT2D eigenvalue weighted by Crippen LogP contribution is 2.41. The van der Waals surface area contributed by atoms with E-state index in [1.807, 2.05) is 0 Å². The molecule has 15 heavy (non-hydrogen) atoms. The topological polar surface area (TPSA) is 29.3 Å². The molecular formula is C13H26N2. The molecule has 2 aliphatic carbocycles. The summed E-state index contributed by atoms with van der Waals surface area (Å²) in [7, 11) is 0. The van der Waals surface area contributed by atoms with Crippen LogP contribution in [0.2, 0.25) is 0 Å². The van der Waals surface area contributed by atoms with E-state index in [4.69, 9.17) is 5.73 Å². The van der Waals surface area contributed by atoms with E-state index in [1.54, 1.807) is 0 Å². The van der Waals surface area contributed by atoms with E-state index in [0.29, 0.717) is 5.41 Å². The molecule has 2 fully saturated rings. The lowest BCUT2D eigenvalue weighted by molar-refractivity contribution is 0.0722. The molecule has 0 atom stereocenters. The Morgan fingerprint density at radius 1 is 1.33 bits per heavy atom. The zero-order valence-corrected chi connectivity index (χ0v) is 10.2. The van der Waals surface area contributed by atoms with Crippen LogP contribution in [-0.4, -0.2) is 31.1 Å². The van der Waals surface area contributed by atoms with Crippen molar-refractivity contribution >= 4 is 0 Å². The molecule has 0 radical (unpaired) electrons. The van der Waals surface area contributed by atoms with E-state index in [9.17, 15) is 0 Å². The maximum atomic E-state index is 5.93. The standard InChI is InChI=1S/C13H26N2/c1-2-8-15(9-12-4-5-12)11-13(10-14)6-3-7-13/h12H,2-11,14H2,1H3. The molecule has 2 rings (SSSR count). The van der Waals surface area contributed by atoms with E-state index in [1.165, 1.54) is 58.2 Å². The van der Waals surface area contributed by atoms with Gasteiger partial charge in [0.25, 0.3) is 0 Å². The van der Waals surface area contributed by atoms with Gasteiger partial charge in [0.2, 0.25) is 0 Å². The van der Waals surface area contributed by atoms with Gasteiger partial charge in [0, 0.05) is 13.1 Å². The van der Waals surface area contributed by atoms with Gasteiger partial charge in [0.15, 0.2) is 0 Å². The van der Waals surface area contributed by atoms with Gasteiger partial charge >= 0.3 is 0 Å². The quantitative estimate of drug-likeness (QED) is 0.698. The number of nitrogens with two attached hydrogens (primary N) is 1. The number of rotatable bonds is 7. The molecule has 88 valence electrons. The Morgan fingerprint density at radius 2 is 2.07 bits per heavy atom. The van der Waals surface area contributed by atoms with Crippen LogP contribution in [0.4, 0.5) is 0 Å². The highest BCUT2D eigenvalue weighted by molar-refractivity contribution is 4.92. The minimum atomic E-state index is 0.504. The summed E-state index contributed by atoms with van der Waals surface area (Å²) in [6.07, 6.45) is 8.36. The van der Waals surface area contributed by atoms with Crippen LogP contribution in [0.15, 0.2) is 0 Å². The van der Waals surface area contributed by atoms with E-state index < -0.39 is 0 Å². The third kappa shape index (κ3) is 2.94. The first-order valence-electron chi connectivity index (χ1n) is 6.70. The summed E-state index contributed by atoms with van der Waals surface area (Å²) < 4.78 is 0. The van der Waals surface area contributed by atoms with Gasteiger partial charge in [-0.2, -0.15) is 0 Å². The highest BCUT2D eigenvalue weighted by atomic mass is 15.1. The Hall–Kier alpha value is -0.0800. The highest BCUT2D eigenvalue weighted by Gasteiger charge is 2.37. The van der Waals surface area contributed by atoms with Crippen LogP contribution < -0.4 is 5.73 Å². The second kappa shape index (κ2) is 4.84. The van der Waals surface area contributed by atoms with Gasteiger partial charge in [0.1, 0.15) is 0 Å². The Morgan fingerprint density at radius 3 is 2.47 bits per heavy atom. The smallest absolute Gasteiger partial charge is 0.00502 e. The molecule has 0 aliphatic heterocycles. The van der Waals surface area contributed by atoms with Crippen molar-refractivity contribution in [3.05, 3.63) is 0 Å². The Balaban J connectivity index is 1.80. The lowest BCUT2D eigenvalue weighted by Gasteiger charge is -2.44. The fourth-order valence-electron chi connectivity index (χ4n) is 2.79. The van der Waals surface area contributed by atoms with Crippen molar-refractivity contribution in [2.24, 2.45) is 17.1 Å². The number of hydrogen-bond acceptors (Lipinski definition) is 2. The normalized spacial score (nSPS) is 24.2. The van der Waals surface area contributed by atoms with Crippen LogP contribution in [0.3, 0.4) is 0 Å². The third-order valence-corrected chi connectivity index (χ3v) is 4.16. The van der Waals surface area contributed by atoms with E-state index in [2.05, 4.69) is 11.8 Å². The van der Waals surface area contributed by atoms with Gasteiger partial charge in [-0.1, -0.05) is 13.3 Å². The summed E-state index contributed by atoms with van der Waals surface area (Å²) in [5.41, 5.74) is 6.44. The first-order chi connectivity index (χ1) is 7.28. The summed E-state index contributed by atoms with van der Waals surface area (Å²) in [4.78, 5) is 2.68.